The molecule has 2 heterocycles. The van der Waals surface area contributed by atoms with Gasteiger partial charge in [0.1, 0.15) is 10.6 Å². The quantitative estimate of drug-likeness (QED) is 0.641. The number of esters is 1. The zero-order valence-corrected chi connectivity index (χ0v) is 17.5. The van der Waals surface area contributed by atoms with Crippen LogP contribution in [0.2, 0.25) is 5.02 Å². The van der Waals surface area contributed by atoms with Gasteiger partial charge in [-0.2, -0.15) is 0 Å². The standard InChI is InChI=1S/C20H19ClN2O4S/c1-5-27-20(26)15-10(2)11(3)28-19(15)22-18(25)13-9-23(4)16-12(17(13)24)7-6-8-14(16)21/h6-9H,5H2,1-4H3,(H,22,25). The first-order valence-corrected chi connectivity index (χ1v) is 9.82. The van der Waals surface area contributed by atoms with Crippen LogP contribution < -0.4 is 10.7 Å². The summed E-state index contributed by atoms with van der Waals surface area (Å²) in [6.07, 6.45) is 1.45. The lowest BCUT2D eigenvalue weighted by atomic mass is 10.1. The fourth-order valence-corrected chi connectivity index (χ4v) is 4.37. The highest BCUT2D eigenvalue weighted by atomic mass is 35.5. The second-order valence-corrected chi connectivity index (χ2v) is 7.91. The molecule has 1 N–H and O–H groups in total. The van der Waals surface area contributed by atoms with E-state index >= 15 is 0 Å². The van der Waals surface area contributed by atoms with Crippen LogP contribution >= 0.6 is 22.9 Å². The third-order valence-electron chi connectivity index (χ3n) is 4.49. The normalized spacial score (nSPS) is 10.9. The van der Waals surface area contributed by atoms with Crippen molar-refractivity contribution >= 4 is 50.7 Å². The summed E-state index contributed by atoms with van der Waals surface area (Å²) in [5, 5.41) is 3.86. The van der Waals surface area contributed by atoms with Gasteiger partial charge in [0.15, 0.2) is 0 Å². The summed E-state index contributed by atoms with van der Waals surface area (Å²) in [5.41, 5.74) is 1.17. The number of nitrogens with zero attached hydrogens (tertiary/aromatic N) is 1. The van der Waals surface area contributed by atoms with Gasteiger partial charge in [0.05, 0.1) is 22.7 Å². The minimum absolute atomic E-state index is 0.0317. The van der Waals surface area contributed by atoms with Crippen molar-refractivity contribution in [2.75, 3.05) is 11.9 Å². The fraction of sp³-hybridized carbons (Fsp3) is 0.250. The number of pyridine rings is 1. The molecule has 2 aromatic heterocycles. The van der Waals surface area contributed by atoms with Crippen LogP contribution in [0.15, 0.2) is 29.2 Å². The lowest BCUT2D eigenvalue weighted by molar-refractivity contribution is 0.0527. The van der Waals surface area contributed by atoms with E-state index in [1.807, 2.05) is 6.92 Å². The molecule has 1 aromatic carbocycles. The van der Waals surface area contributed by atoms with E-state index in [9.17, 15) is 14.4 Å². The molecule has 0 saturated heterocycles. The average Bonchev–Trinajstić information content (AvgIpc) is 2.91. The second-order valence-electron chi connectivity index (χ2n) is 6.28. The van der Waals surface area contributed by atoms with Gasteiger partial charge in [-0.3, -0.25) is 9.59 Å². The maximum absolute atomic E-state index is 12.9. The summed E-state index contributed by atoms with van der Waals surface area (Å²) < 4.78 is 6.74. The van der Waals surface area contributed by atoms with Crippen molar-refractivity contribution in [2.45, 2.75) is 20.8 Å². The summed E-state index contributed by atoms with van der Waals surface area (Å²) in [6, 6.07) is 4.98. The number of halogens is 1. The van der Waals surface area contributed by atoms with Crippen molar-refractivity contribution in [2.24, 2.45) is 7.05 Å². The van der Waals surface area contributed by atoms with E-state index in [0.717, 1.165) is 10.4 Å². The Morgan fingerprint density at radius 3 is 2.68 bits per heavy atom. The molecule has 0 saturated carbocycles. The number of hydrogen-bond donors (Lipinski definition) is 1. The van der Waals surface area contributed by atoms with Crippen molar-refractivity contribution in [3.05, 3.63) is 61.2 Å². The molecule has 0 bridgehead atoms. The highest BCUT2D eigenvalue weighted by Gasteiger charge is 2.24. The smallest absolute Gasteiger partial charge is 0.341 e. The molecular formula is C20H19ClN2O4S. The molecule has 3 rings (SSSR count). The first-order chi connectivity index (χ1) is 13.3. The zero-order valence-electron chi connectivity index (χ0n) is 15.9. The molecule has 0 radical (unpaired) electrons. The molecule has 1 amide bonds. The maximum Gasteiger partial charge on any atom is 0.341 e. The molecule has 146 valence electrons. The number of amides is 1. The van der Waals surface area contributed by atoms with E-state index in [1.54, 1.807) is 43.7 Å². The summed E-state index contributed by atoms with van der Waals surface area (Å²) in [4.78, 5) is 38.9. The van der Waals surface area contributed by atoms with E-state index in [-0.39, 0.29) is 12.2 Å². The second kappa shape index (κ2) is 7.77. The van der Waals surface area contributed by atoms with Crippen molar-refractivity contribution in [1.29, 1.82) is 0 Å². The maximum atomic E-state index is 12.9. The van der Waals surface area contributed by atoms with Crippen LogP contribution in [0, 0.1) is 13.8 Å². The lowest BCUT2D eigenvalue weighted by Gasteiger charge is -2.11. The number of anilines is 1. The molecule has 0 aliphatic heterocycles. The van der Waals surface area contributed by atoms with Crippen molar-refractivity contribution in [1.82, 2.24) is 4.57 Å². The number of benzene rings is 1. The van der Waals surface area contributed by atoms with Gasteiger partial charge in [-0.1, -0.05) is 17.7 Å². The predicted octanol–water partition coefficient (Wildman–Crippen LogP) is 4.30. The number of aromatic nitrogens is 1. The number of carbonyl (C=O) groups is 2. The van der Waals surface area contributed by atoms with Crippen molar-refractivity contribution in [3.8, 4) is 0 Å². The van der Waals surface area contributed by atoms with Gasteiger partial charge >= 0.3 is 5.97 Å². The molecule has 0 spiro atoms. The van der Waals surface area contributed by atoms with Gasteiger partial charge < -0.3 is 14.6 Å². The molecule has 0 aliphatic rings. The Labute approximate surface area is 170 Å². The van der Waals surface area contributed by atoms with Gasteiger partial charge in [0, 0.05) is 23.5 Å². The number of nitrogens with one attached hydrogen (secondary N) is 1. The molecule has 0 fully saturated rings. The fourth-order valence-electron chi connectivity index (χ4n) is 3.02. The highest BCUT2D eigenvalue weighted by molar-refractivity contribution is 7.16. The van der Waals surface area contributed by atoms with Crippen LogP contribution in [0.5, 0.6) is 0 Å². The summed E-state index contributed by atoms with van der Waals surface area (Å²) in [6.45, 7) is 5.60. The number of ether oxygens (including phenoxy) is 1. The van der Waals surface area contributed by atoms with Crippen LogP contribution in [0.1, 0.15) is 38.1 Å². The zero-order chi connectivity index (χ0) is 20.6. The van der Waals surface area contributed by atoms with Crippen molar-refractivity contribution in [3.63, 3.8) is 0 Å². The lowest BCUT2D eigenvalue weighted by Crippen LogP contribution is -2.24. The van der Waals surface area contributed by atoms with Crippen LogP contribution in [0.4, 0.5) is 5.00 Å². The minimum Gasteiger partial charge on any atom is -0.462 e. The van der Waals surface area contributed by atoms with Crippen LogP contribution in [-0.2, 0) is 11.8 Å². The average molecular weight is 419 g/mol. The van der Waals surface area contributed by atoms with E-state index in [4.69, 9.17) is 16.3 Å². The van der Waals surface area contributed by atoms with Gasteiger partial charge in [0.25, 0.3) is 5.91 Å². The molecular weight excluding hydrogens is 400 g/mol. The van der Waals surface area contributed by atoms with Gasteiger partial charge in [-0.15, -0.1) is 11.3 Å². The molecule has 3 aromatic rings. The number of hydrogen-bond acceptors (Lipinski definition) is 5. The van der Waals surface area contributed by atoms with Gasteiger partial charge in [-0.25, -0.2) is 4.79 Å². The summed E-state index contributed by atoms with van der Waals surface area (Å²) in [5.74, 6) is -1.09. The number of rotatable bonds is 4. The van der Waals surface area contributed by atoms with Gasteiger partial charge in [-0.05, 0) is 38.5 Å². The first-order valence-electron chi connectivity index (χ1n) is 8.62. The molecule has 0 unspecified atom stereocenters. The number of thiophene rings is 1. The Bertz CT molecular complexity index is 1160. The third kappa shape index (κ3) is 3.43. The highest BCUT2D eigenvalue weighted by Crippen LogP contribution is 2.33. The third-order valence-corrected chi connectivity index (χ3v) is 5.92. The number of fused-ring (bicyclic) bond motifs is 1. The Morgan fingerprint density at radius 2 is 2.00 bits per heavy atom. The Balaban J connectivity index is 2.06. The molecule has 28 heavy (non-hydrogen) atoms. The Kier molecular flexibility index (Phi) is 5.58. The monoisotopic (exact) mass is 418 g/mol. The molecule has 0 aliphatic carbocycles. The van der Waals surface area contributed by atoms with Crippen molar-refractivity contribution < 1.29 is 14.3 Å². The van der Waals surface area contributed by atoms with E-state index in [2.05, 4.69) is 5.32 Å². The summed E-state index contributed by atoms with van der Waals surface area (Å²) in [7, 11) is 1.72. The number of para-hydroxylation sites is 1. The van der Waals surface area contributed by atoms with Crippen LogP contribution in [0.3, 0.4) is 0 Å². The number of aryl methyl sites for hydroxylation is 2. The number of carbonyl (C=O) groups excluding carboxylic acids is 2. The van der Waals surface area contributed by atoms with Gasteiger partial charge in [0.2, 0.25) is 5.43 Å². The topological polar surface area (TPSA) is 77.4 Å². The predicted molar refractivity (Wildman–Crippen MR) is 112 cm³/mol. The molecule has 8 heteroatoms. The van der Waals surface area contributed by atoms with E-state index in [1.165, 1.54) is 17.5 Å². The van der Waals surface area contributed by atoms with E-state index < -0.39 is 17.3 Å². The molecule has 0 atom stereocenters. The van der Waals surface area contributed by atoms with Crippen LogP contribution in [-0.4, -0.2) is 23.1 Å². The molecule has 6 nitrogen and oxygen atoms in total. The first kappa shape index (κ1) is 20.1. The Hall–Kier alpha value is -2.64. The van der Waals surface area contributed by atoms with Crippen LogP contribution in [0.25, 0.3) is 10.9 Å². The Morgan fingerprint density at radius 1 is 1.29 bits per heavy atom. The SMILES string of the molecule is CCOC(=O)c1c(NC(=O)c2cn(C)c3c(Cl)cccc3c2=O)sc(C)c1C. The largest absolute Gasteiger partial charge is 0.462 e. The van der Waals surface area contributed by atoms with E-state index in [0.29, 0.717) is 26.5 Å². The minimum atomic E-state index is -0.589. The summed E-state index contributed by atoms with van der Waals surface area (Å²) >= 11 is 7.46.